The molecule has 0 aliphatic carbocycles. The SMILES string of the molecule is COc1cc2[nH]c(N)c(C)c2cc1OC. The van der Waals surface area contributed by atoms with Crippen LogP contribution in [0.4, 0.5) is 5.82 Å². The van der Waals surface area contributed by atoms with Crippen molar-refractivity contribution in [1.29, 1.82) is 0 Å². The smallest absolute Gasteiger partial charge is 0.162 e. The third kappa shape index (κ3) is 1.38. The predicted octanol–water partition coefficient (Wildman–Crippen LogP) is 2.08. The molecule has 0 spiro atoms. The minimum Gasteiger partial charge on any atom is -0.493 e. The minimum absolute atomic E-state index is 0.681. The summed E-state index contributed by atoms with van der Waals surface area (Å²) >= 11 is 0. The average molecular weight is 206 g/mol. The van der Waals surface area contributed by atoms with E-state index < -0.39 is 0 Å². The molecule has 0 radical (unpaired) electrons. The molecule has 2 rings (SSSR count). The Balaban J connectivity index is 2.75. The zero-order valence-corrected chi connectivity index (χ0v) is 9.05. The first kappa shape index (κ1) is 9.71. The van der Waals surface area contributed by atoms with Gasteiger partial charge in [-0.2, -0.15) is 0 Å². The molecule has 1 aromatic carbocycles. The second-order valence-corrected chi connectivity index (χ2v) is 3.42. The molecular formula is C11H14N2O2. The Kier molecular flexibility index (Phi) is 2.19. The van der Waals surface area contributed by atoms with Crippen LogP contribution >= 0.6 is 0 Å². The maximum atomic E-state index is 5.80. The number of aryl methyl sites for hydroxylation is 1. The van der Waals surface area contributed by atoms with Crippen LogP contribution < -0.4 is 15.2 Å². The Hall–Kier alpha value is -1.84. The topological polar surface area (TPSA) is 60.3 Å². The van der Waals surface area contributed by atoms with Gasteiger partial charge in [0, 0.05) is 11.5 Å². The monoisotopic (exact) mass is 206 g/mol. The van der Waals surface area contributed by atoms with Gasteiger partial charge in [0.25, 0.3) is 0 Å². The van der Waals surface area contributed by atoms with Crippen molar-refractivity contribution in [3.63, 3.8) is 0 Å². The lowest BCUT2D eigenvalue weighted by Crippen LogP contribution is -1.90. The zero-order valence-electron chi connectivity index (χ0n) is 9.05. The summed E-state index contributed by atoms with van der Waals surface area (Å²) in [6, 6.07) is 3.81. The van der Waals surface area contributed by atoms with E-state index in [1.165, 1.54) is 0 Å². The largest absolute Gasteiger partial charge is 0.493 e. The molecule has 0 aliphatic rings. The van der Waals surface area contributed by atoms with Crippen molar-refractivity contribution in [2.45, 2.75) is 6.92 Å². The molecule has 0 saturated carbocycles. The van der Waals surface area contributed by atoms with Gasteiger partial charge in [0.15, 0.2) is 11.5 Å². The molecule has 1 heterocycles. The molecule has 0 unspecified atom stereocenters. The Bertz CT molecular complexity index is 503. The number of rotatable bonds is 2. The van der Waals surface area contributed by atoms with E-state index in [2.05, 4.69) is 4.98 Å². The molecule has 4 heteroatoms. The summed E-state index contributed by atoms with van der Waals surface area (Å²) in [5, 5.41) is 1.06. The Morgan fingerprint density at radius 1 is 1.13 bits per heavy atom. The fourth-order valence-electron chi connectivity index (χ4n) is 1.68. The number of H-pyrrole nitrogens is 1. The number of nitrogens with two attached hydrogens (primary N) is 1. The minimum atomic E-state index is 0.681. The van der Waals surface area contributed by atoms with E-state index in [1.807, 2.05) is 19.1 Å². The van der Waals surface area contributed by atoms with Crippen LogP contribution in [-0.2, 0) is 0 Å². The second-order valence-electron chi connectivity index (χ2n) is 3.42. The predicted molar refractivity (Wildman–Crippen MR) is 60.6 cm³/mol. The number of hydrogen-bond acceptors (Lipinski definition) is 3. The molecule has 4 nitrogen and oxygen atoms in total. The highest BCUT2D eigenvalue weighted by Gasteiger charge is 2.10. The number of nitrogens with one attached hydrogen (secondary N) is 1. The van der Waals surface area contributed by atoms with Gasteiger partial charge >= 0.3 is 0 Å². The number of benzene rings is 1. The van der Waals surface area contributed by atoms with Crippen LogP contribution in [0.2, 0.25) is 0 Å². The number of aromatic nitrogens is 1. The van der Waals surface area contributed by atoms with Crippen molar-refractivity contribution in [2.75, 3.05) is 20.0 Å². The van der Waals surface area contributed by atoms with Crippen LogP contribution in [0.5, 0.6) is 11.5 Å². The fraction of sp³-hybridized carbons (Fsp3) is 0.273. The van der Waals surface area contributed by atoms with Crippen molar-refractivity contribution in [3.05, 3.63) is 17.7 Å². The van der Waals surface area contributed by atoms with Crippen LogP contribution in [0.25, 0.3) is 10.9 Å². The van der Waals surface area contributed by atoms with Gasteiger partial charge in [-0.1, -0.05) is 0 Å². The lowest BCUT2D eigenvalue weighted by atomic mass is 10.1. The van der Waals surface area contributed by atoms with E-state index in [9.17, 15) is 0 Å². The van der Waals surface area contributed by atoms with E-state index in [0.717, 1.165) is 16.5 Å². The molecule has 1 aromatic heterocycles. The molecular weight excluding hydrogens is 192 g/mol. The maximum absolute atomic E-state index is 5.80. The van der Waals surface area contributed by atoms with Gasteiger partial charge in [0.05, 0.1) is 19.7 Å². The van der Waals surface area contributed by atoms with Gasteiger partial charge in [-0.05, 0) is 18.6 Å². The Labute approximate surface area is 88.0 Å². The van der Waals surface area contributed by atoms with E-state index >= 15 is 0 Å². The molecule has 2 aromatic rings. The van der Waals surface area contributed by atoms with Gasteiger partial charge in [0.2, 0.25) is 0 Å². The molecule has 0 aliphatic heterocycles. The average Bonchev–Trinajstić information content (AvgIpc) is 2.53. The van der Waals surface area contributed by atoms with Crippen LogP contribution in [0.1, 0.15) is 5.56 Å². The molecule has 3 N–H and O–H groups in total. The van der Waals surface area contributed by atoms with Crippen molar-refractivity contribution in [1.82, 2.24) is 4.98 Å². The maximum Gasteiger partial charge on any atom is 0.162 e. The van der Waals surface area contributed by atoms with Gasteiger partial charge in [-0.15, -0.1) is 0 Å². The van der Waals surface area contributed by atoms with E-state index in [-0.39, 0.29) is 0 Å². The molecule has 15 heavy (non-hydrogen) atoms. The van der Waals surface area contributed by atoms with Crippen LogP contribution in [-0.4, -0.2) is 19.2 Å². The van der Waals surface area contributed by atoms with Crippen LogP contribution in [0.15, 0.2) is 12.1 Å². The summed E-state index contributed by atoms with van der Waals surface area (Å²) in [5.41, 5.74) is 7.79. The van der Waals surface area contributed by atoms with Gasteiger partial charge in [-0.3, -0.25) is 0 Å². The quantitative estimate of drug-likeness (QED) is 0.790. The summed E-state index contributed by atoms with van der Waals surface area (Å²) in [4.78, 5) is 3.09. The second kappa shape index (κ2) is 3.38. The number of anilines is 1. The number of methoxy groups -OCH3 is 2. The number of nitrogen functional groups attached to an aromatic ring is 1. The van der Waals surface area contributed by atoms with E-state index in [4.69, 9.17) is 15.2 Å². The number of ether oxygens (including phenoxy) is 2. The highest BCUT2D eigenvalue weighted by Crippen LogP contribution is 2.34. The summed E-state index contributed by atoms with van der Waals surface area (Å²) in [5.74, 6) is 2.10. The molecule has 0 fully saturated rings. The van der Waals surface area contributed by atoms with E-state index in [0.29, 0.717) is 17.3 Å². The first-order valence-corrected chi connectivity index (χ1v) is 4.67. The lowest BCUT2D eigenvalue weighted by molar-refractivity contribution is 0.356. The van der Waals surface area contributed by atoms with Gasteiger partial charge in [0.1, 0.15) is 5.82 Å². The first-order chi connectivity index (χ1) is 7.17. The zero-order chi connectivity index (χ0) is 11.0. The molecule has 80 valence electrons. The lowest BCUT2D eigenvalue weighted by Gasteiger charge is -2.07. The first-order valence-electron chi connectivity index (χ1n) is 4.67. The number of fused-ring (bicyclic) bond motifs is 1. The molecule has 0 atom stereocenters. The molecule has 0 amide bonds. The van der Waals surface area contributed by atoms with Gasteiger partial charge < -0.3 is 20.2 Å². The summed E-state index contributed by atoms with van der Waals surface area (Å²) in [7, 11) is 3.23. The Morgan fingerprint density at radius 3 is 2.33 bits per heavy atom. The molecule has 0 bridgehead atoms. The molecule has 0 saturated heterocycles. The standard InChI is InChI=1S/C11H14N2O2/c1-6-7-4-9(14-2)10(15-3)5-8(7)13-11(6)12/h4-5,13H,12H2,1-3H3. The normalized spacial score (nSPS) is 10.6. The Morgan fingerprint density at radius 2 is 1.73 bits per heavy atom. The number of aromatic amines is 1. The summed E-state index contributed by atoms with van der Waals surface area (Å²) in [6.07, 6.45) is 0. The third-order valence-corrected chi connectivity index (χ3v) is 2.60. The van der Waals surface area contributed by atoms with Crippen LogP contribution in [0.3, 0.4) is 0 Å². The highest BCUT2D eigenvalue weighted by molar-refractivity contribution is 5.90. The summed E-state index contributed by atoms with van der Waals surface area (Å²) < 4.78 is 10.4. The van der Waals surface area contributed by atoms with E-state index in [1.54, 1.807) is 14.2 Å². The summed E-state index contributed by atoms with van der Waals surface area (Å²) in [6.45, 7) is 1.97. The van der Waals surface area contributed by atoms with Crippen LogP contribution in [0, 0.1) is 6.92 Å². The van der Waals surface area contributed by atoms with Crippen molar-refractivity contribution in [3.8, 4) is 11.5 Å². The highest BCUT2D eigenvalue weighted by atomic mass is 16.5. The third-order valence-electron chi connectivity index (χ3n) is 2.60. The van der Waals surface area contributed by atoms with Crippen molar-refractivity contribution in [2.24, 2.45) is 0 Å². The number of hydrogen-bond donors (Lipinski definition) is 2. The fourth-order valence-corrected chi connectivity index (χ4v) is 1.68. The van der Waals surface area contributed by atoms with Crippen molar-refractivity contribution < 1.29 is 9.47 Å². The van der Waals surface area contributed by atoms with Gasteiger partial charge in [-0.25, -0.2) is 0 Å². The van der Waals surface area contributed by atoms with Crippen molar-refractivity contribution >= 4 is 16.7 Å².